The number of benzene rings is 1. The van der Waals surface area contributed by atoms with Crippen LogP contribution in [0, 0.1) is 13.8 Å². The molecule has 1 atom stereocenters. The molecule has 27 heavy (non-hydrogen) atoms. The first-order valence-electron chi connectivity index (χ1n) is 8.35. The van der Waals surface area contributed by atoms with E-state index in [1.54, 1.807) is 35.7 Å². The predicted molar refractivity (Wildman–Crippen MR) is 104 cm³/mol. The van der Waals surface area contributed by atoms with Gasteiger partial charge < -0.3 is 20.2 Å². The van der Waals surface area contributed by atoms with Crippen LogP contribution in [0.1, 0.15) is 22.5 Å². The summed E-state index contributed by atoms with van der Waals surface area (Å²) >= 11 is 1.41. The SMILES string of the molecule is Cc1ccc(NC(=O)C(=O)NC[C@](O)(c2ccsc2)c2ccco2)cc1C. The van der Waals surface area contributed by atoms with Crippen molar-refractivity contribution in [3.8, 4) is 0 Å². The number of nitrogens with one attached hydrogen (secondary N) is 2. The van der Waals surface area contributed by atoms with E-state index in [2.05, 4.69) is 10.6 Å². The third kappa shape index (κ3) is 4.10. The third-order valence-electron chi connectivity index (χ3n) is 4.40. The van der Waals surface area contributed by atoms with Crippen molar-refractivity contribution in [2.45, 2.75) is 19.4 Å². The molecular formula is C20H20N2O4S. The number of rotatable bonds is 5. The number of carbonyl (C=O) groups excluding carboxylic acids is 2. The number of anilines is 1. The number of aryl methyl sites for hydroxylation is 2. The summed E-state index contributed by atoms with van der Waals surface area (Å²) in [5.41, 5.74) is 1.67. The van der Waals surface area contributed by atoms with Crippen LogP contribution in [-0.4, -0.2) is 23.5 Å². The van der Waals surface area contributed by atoms with Gasteiger partial charge in [0, 0.05) is 11.3 Å². The van der Waals surface area contributed by atoms with Gasteiger partial charge in [-0.15, -0.1) is 0 Å². The molecule has 0 aliphatic carbocycles. The van der Waals surface area contributed by atoms with Gasteiger partial charge in [0.05, 0.1) is 12.8 Å². The fourth-order valence-electron chi connectivity index (χ4n) is 2.64. The summed E-state index contributed by atoms with van der Waals surface area (Å²) in [6, 6.07) is 10.4. The lowest BCUT2D eigenvalue weighted by molar-refractivity contribution is -0.136. The van der Waals surface area contributed by atoms with Crippen molar-refractivity contribution in [1.82, 2.24) is 5.32 Å². The second kappa shape index (κ2) is 7.77. The van der Waals surface area contributed by atoms with Crippen LogP contribution in [0.5, 0.6) is 0 Å². The second-order valence-electron chi connectivity index (χ2n) is 6.29. The highest BCUT2D eigenvalue weighted by atomic mass is 32.1. The number of thiophene rings is 1. The van der Waals surface area contributed by atoms with Crippen molar-refractivity contribution >= 4 is 28.8 Å². The molecule has 0 spiro atoms. The van der Waals surface area contributed by atoms with Gasteiger partial charge in [0.1, 0.15) is 5.76 Å². The van der Waals surface area contributed by atoms with E-state index >= 15 is 0 Å². The summed E-state index contributed by atoms with van der Waals surface area (Å²) in [6.45, 7) is 3.69. The van der Waals surface area contributed by atoms with Crippen molar-refractivity contribution in [2.75, 3.05) is 11.9 Å². The molecule has 0 fully saturated rings. The van der Waals surface area contributed by atoms with Crippen molar-refractivity contribution in [3.63, 3.8) is 0 Å². The summed E-state index contributed by atoms with van der Waals surface area (Å²) in [5, 5.41) is 19.7. The van der Waals surface area contributed by atoms with Gasteiger partial charge in [-0.3, -0.25) is 9.59 Å². The van der Waals surface area contributed by atoms with Crippen molar-refractivity contribution in [3.05, 3.63) is 75.9 Å². The Bertz CT molecular complexity index is 899. The minimum atomic E-state index is -1.56. The molecule has 0 saturated heterocycles. The number of amides is 2. The average Bonchev–Trinajstić information content (AvgIpc) is 3.36. The lowest BCUT2D eigenvalue weighted by atomic mass is 9.93. The Kier molecular flexibility index (Phi) is 5.43. The highest BCUT2D eigenvalue weighted by Crippen LogP contribution is 2.31. The Morgan fingerprint density at radius 2 is 1.96 bits per heavy atom. The quantitative estimate of drug-likeness (QED) is 0.590. The van der Waals surface area contributed by atoms with E-state index in [0.29, 0.717) is 11.3 Å². The molecule has 0 saturated carbocycles. The first kappa shape index (κ1) is 18.9. The molecule has 0 aliphatic heterocycles. The van der Waals surface area contributed by atoms with E-state index in [-0.39, 0.29) is 12.3 Å². The number of furan rings is 1. The maximum Gasteiger partial charge on any atom is 0.313 e. The Morgan fingerprint density at radius 1 is 1.15 bits per heavy atom. The Labute approximate surface area is 160 Å². The standard InChI is InChI=1S/C20H20N2O4S/c1-13-5-6-16(10-14(13)2)22-19(24)18(23)21-12-20(25,15-7-9-27-11-15)17-4-3-8-26-17/h3-11,25H,12H2,1-2H3,(H,21,23)(H,22,24)/t20-/m0/s1. The number of carbonyl (C=O) groups is 2. The second-order valence-corrected chi connectivity index (χ2v) is 7.07. The monoisotopic (exact) mass is 384 g/mol. The van der Waals surface area contributed by atoms with Gasteiger partial charge in [-0.25, -0.2) is 0 Å². The van der Waals surface area contributed by atoms with Gasteiger partial charge in [-0.2, -0.15) is 11.3 Å². The van der Waals surface area contributed by atoms with Crippen LogP contribution < -0.4 is 10.6 Å². The van der Waals surface area contributed by atoms with E-state index in [9.17, 15) is 14.7 Å². The summed E-state index contributed by atoms with van der Waals surface area (Å²) < 4.78 is 5.34. The van der Waals surface area contributed by atoms with Crippen LogP contribution in [0.2, 0.25) is 0 Å². The lowest BCUT2D eigenvalue weighted by Gasteiger charge is -2.25. The van der Waals surface area contributed by atoms with Gasteiger partial charge in [-0.1, -0.05) is 6.07 Å². The molecule has 2 amide bonds. The Hall–Kier alpha value is -2.90. The molecule has 3 aromatic rings. The van der Waals surface area contributed by atoms with Crippen LogP contribution in [0.4, 0.5) is 5.69 Å². The topological polar surface area (TPSA) is 91.6 Å². The normalized spacial score (nSPS) is 13.0. The predicted octanol–water partition coefficient (Wildman–Crippen LogP) is 2.95. The van der Waals surface area contributed by atoms with E-state index in [4.69, 9.17) is 4.42 Å². The van der Waals surface area contributed by atoms with Gasteiger partial charge in [0.25, 0.3) is 0 Å². The molecular weight excluding hydrogens is 364 g/mol. The van der Waals surface area contributed by atoms with Crippen LogP contribution in [0.25, 0.3) is 0 Å². The van der Waals surface area contributed by atoms with Gasteiger partial charge in [0.2, 0.25) is 0 Å². The Balaban J connectivity index is 1.69. The zero-order chi connectivity index (χ0) is 19.4. The first-order chi connectivity index (χ1) is 12.9. The fourth-order valence-corrected chi connectivity index (χ4v) is 3.36. The minimum absolute atomic E-state index is 0.198. The molecule has 0 bridgehead atoms. The smallest absolute Gasteiger partial charge is 0.313 e. The molecule has 7 heteroatoms. The highest BCUT2D eigenvalue weighted by Gasteiger charge is 2.36. The van der Waals surface area contributed by atoms with Crippen LogP contribution in [0.3, 0.4) is 0 Å². The van der Waals surface area contributed by atoms with E-state index in [1.807, 2.05) is 25.3 Å². The molecule has 2 heterocycles. The van der Waals surface area contributed by atoms with Crippen molar-refractivity contribution in [2.24, 2.45) is 0 Å². The summed E-state index contributed by atoms with van der Waals surface area (Å²) in [6.07, 6.45) is 1.45. The Morgan fingerprint density at radius 3 is 2.59 bits per heavy atom. The van der Waals surface area contributed by atoms with Gasteiger partial charge in [0.15, 0.2) is 5.60 Å². The molecule has 1 aromatic carbocycles. The maximum absolute atomic E-state index is 12.2. The zero-order valence-electron chi connectivity index (χ0n) is 15.0. The molecule has 2 aromatic heterocycles. The third-order valence-corrected chi connectivity index (χ3v) is 5.09. The van der Waals surface area contributed by atoms with E-state index < -0.39 is 17.4 Å². The first-order valence-corrected chi connectivity index (χ1v) is 9.30. The molecule has 0 unspecified atom stereocenters. The highest BCUT2D eigenvalue weighted by molar-refractivity contribution is 7.08. The van der Waals surface area contributed by atoms with Gasteiger partial charge >= 0.3 is 11.8 Å². The lowest BCUT2D eigenvalue weighted by Crippen LogP contribution is -2.45. The number of hydrogen-bond acceptors (Lipinski definition) is 5. The molecule has 6 nitrogen and oxygen atoms in total. The summed E-state index contributed by atoms with van der Waals surface area (Å²) in [7, 11) is 0. The van der Waals surface area contributed by atoms with Crippen molar-refractivity contribution < 1.29 is 19.1 Å². The van der Waals surface area contributed by atoms with Crippen LogP contribution >= 0.6 is 11.3 Å². The molecule has 3 N–H and O–H groups in total. The van der Waals surface area contributed by atoms with E-state index in [1.165, 1.54) is 17.6 Å². The minimum Gasteiger partial charge on any atom is -0.466 e. The average molecular weight is 384 g/mol. The zero-order valence-corrected chi connectivity index (χ0v) is 15.8. The van der Waals surface area contributed by atoms with Crippen LogP contribution in [-0.2, 0) is 15.2 Å². The van der Waals surface area contributed by atoms with Crippen LogP contribution in [0.15, 0.2) is 57.8 Å². The molecule has 140 valence electrons. The molecule has 0 radical (unpaired) electrons. The molecule has 3 rings (SSSR count). The maximum atomic E-state index is 12.2. The molecule has 0 aliphatic rings. The van der Waals surface area contributed by atoms with Crippen molar-refractivity contribution in [1.29, 1.82) is 0 Å². The summed E-state index contributed by atoms with van der Waals surface area (Å²) in [4.78, 5) is 24.4. The number of hydrogen-bond donors (Lipinski definition) is 3. The summed E-state index contributed by atoms with van der Waals surface area (Å²) in [5.74, 6) is -1.35. The number of aliphatic hydroxyl groups is 1. The van der Waals surface area contributed by atoms with E-state index in [0.717, 1.165) is 11.1 Å². The fraction of sp³-hybridized carbons (Fsp3) is 0.200. The van der Waals surface area contributed by atoms with Gasteiger partial charge in [-0.05, 0) is 66.1 Å². The largest absolute Gasteiger partial charge is 0.466 e.